The second-order valence-corrected chi connectivity index (χ2v) is 13.3. The number of likely N-dealkylation sites (tertiary alicyclic amines) is 1. The van der Waals surface area contributed by atoms with E-state index in [0.29, 0.717) is 19.6 Å². The topological polar surface area (TPSA) is 60.0 Å². The molecule has 0 radical (unpaired) electrons. The van der Waals surface area contributed by atoms with Gasteiger partial charge >= 0.3 is 0 Å². The lowest BCUT2D eigenvalue weighted by molar-refractivity contribution is -0.119. The number of ether oxygens (including phenoxy) is 3. The largest absolute Gasteiger partial charge is 0.496 e. The van der Waals surface area contributed by atoms with Crippen LogP contribution in [0.15, 0.2) is 91.0 Å². The molecular weight excluding hydrogens is 593 g/mol. The second kappa shape index (κ2) is 14.0. The number of hydrogen-bond acceptors (Lipinski definition) is 6. The van der Waals surface area contributed by atoms with Crippen LogP contribution in [0.2, 0.25) is 0 Å². The summed E-state index contributed by atoms with van der Waals surface area (Å²) >= 11 is 1.80. The van der Waals surface area contributed by atoms with Gasteiger partial charge in [0.25, 0.3) is 0 Å². The van der Waals surface area contributed by atoms with Crippen molar-refractivity contribution in [3.63, 3.8) is 0 Å². The van der Waals surface area contributed by atoms with E-state index in [1.54, 1.807) is 18.4 Å². The first-order valence-corrected chi connectivity index (χ1v) is 17.1. The molecule has 2 aliphatic heterocycles. The molecule has 1 atom stereocenters. The number of carbonyl (C=O) groups is 1. The van der Waals surface area contributed by atoms with Crippen molar-refractivity contribution in [2.75, 3.05) is 26.8 Å². The monoisotopic (exact) mass is 632 g/mol. The number of methoxy groups -OCH3 is 1. The Balaban J connectivity index is 1.17. The van der Waals surface area contributed by atoms with Crippen LogP contribution < -0.4 is 19.5 Å². The van der Waals surface area contributed by atoms with Crippen molar-refractivity contribution in [3.05, 3.63) is 113 Å². The minimum absolute atomic E-state index is 0.0819. The van der Waals surface area contributed by atoms with E-state index in [1.807, 2.05) is 30.3 Å². The summed E-state index contributed by atoms with van der Waals surface area (Å²) in [5.41, 5.74) is 6.07. The Labute approximate surface area is 274 Å². The molecule has 1 N–H and O–H groups in total. The number of thiophene rings is 1. The van der Waals surface area contributed by atoms with Gasteiger partial charge in [0.2, 0.25) is 5.91 Å². The zero-order chi connectivity index (χ0) is 31.3. The molecule has 7 rings (SSSR count). The number of nitrogens with one attached hydrogen (secondary N) is 1. The molecule has 7 heteroatoms. The van der Waals surface area contributed by atoms with E-state index in [-0.39, 0.29) is 11.9 Å². The molecule has 2 aliphatic rings. The molecule has 0 saturated carbocycles. The number of benzene rings is 4. The maximum atomic E-state index is 11.6. The van der Waals surface area contributed by atoms with Crippen molar-refractivity contribution in [2.45, 2.75) is 51.3 Å². The van der Waals surface area contributed by atoms with E-state index >= 15 is 0 Å². The highest BCUT2D eigenvalue weighted by molar-refractivity contribution is 7.22. The molecule has 1 unspecified atom stereocenters. The normalized spacial score (nSPS) is 16.5. The Hall–Kier alpha value is -4.33. The zero-order valence-corrected chi connectivity index (χ0v) is 27.1. The Morgan fingerprint density at radius 2 is 1.67 bits per heavy atom. The van der Waals surface area contributed by atoms with Gasteiger partial charge in [0.1, 0.15) is 30.5 Å². The van der Waals surface area contributed by atoms with Crippen molar-refractivity contribution >= 4 is 27.3 Å². The van der Waals surface area contributed by atoms with E-state index in [2.05, 4.69) is 70.9 Å². The summed E-state index contributed by atoms with van der Waals surface area (Å²) in [6, 6.07) is 31.9. The van der Waals surface area contributed by atoms with Gasteiger partial charge in [-0.1, -0.05) is 42.5 Å². The van der Waals surface area contributed by atoms with Gasteiger partial charge in [0.15, 0.2) is 0 Å². The fraction of sp³-hybridized carbons (Fsp3) is 0.308. The van der Waals surface area contributed by atoms with Crippen LogP contribution in [0.25, 0.3) is 20.5 Å². The first-order valence-electron chi connectivity index (χ1n) is 16.2. The van der Waals surface area contributed by atoms with E-state index < -0.39 is 0 Å². The average Bonchev–Trinajstić information content (AvgIpc) is 3.85. The maximum Gasteiger partial charge on any atom is 0.220 e. The molecule has 1 aromatic heterocycles. The van der Waals surface area contributed by atoms with Gasteiger partial charge in [-0.15, -0.1) is 11.3 Å². The van der Waals surface area contributed by atoms with Gasteiger partial charge < -0.3 is 19.5 Å². The lowest BCUT2D eigenvalue weighted by atomic mass is 9.97. The van der Waals surface area contributed by atoms with Gasteiger partial charge in [-0.3, -0.25) is 9.69 Å². The second-order valence-electron chi connectivity index (χ2n) is 12.3. The molecule has 3 heterocycles. The van der Waals surface area contributed by atoms with Crippen LogP contribution in [0.1, 0.15) is 47.9 Å². The molecule has 2 saturated heterocycles. The summed E-state index contributed by atoms with van der Waals surface area (Å²) in [5, 5.41) is 4.22. The lowest BCUT2D eigenvalue weighted by Gasteiger charge is -2.18. The molecular formula is C39H40N2O4S. The van der Waals surface area contributed by atoms with Crippen LogP contribution in [0, 0.1) is 0 Å². The SMILES string of the molecule is COc1cc(Cc2c(-c3ccc(OCC4CCC(=O)N4)cc3)sc3cc(OCc4ccccc4)ccc23)ccc1CN1CCCC1. The third kappa shape index (κ3) is 7.06. The quantitative estimate of drug-likeness (QED) is 0.151. The minimum atomic E-state index is 0.0819. The number of rotatable bonds is 12. The smallest absolute Gasteiger partial charge is 0.220 e. The van der Waals surface area contributed by atoms with Crippen LogP contribution in [0.4, 0.5) is 0 Å². The van der Waals surface area contributed by atoms with Crippen molar-refractivity contribution in [3.8, 4) is 27.7 Å². The van der Waals surface area contributed by atoms with E-state index in [4.69, 9.17) is 14.2 Å². The predicted molar refractivity (Wildman–Crippen MR) is 185 cm³/mol. The first-order chi connectivity index (χ1) is 22.6. The van der Waals surface area contributed by atoms with Crippen molar-refractivity contribution in [1.29, 1.82) is 0 Å². The predicted octanol–water partition coefficient (Wildman–Crippen LogP) is 8.00. The van der Waals surface area contributed by atoms with E-state index in [9.17, 15) is 4.79 Å². The van der Waals surface area contributed by atoms with E-state index in [0.717, 1.165) is 60.9 Å². The van der Waals surface area contributed by atoms with Gasteiger partial charge in [-0.25, -0.2) is 0 Å². The molecule has 236 valence electrons. The Morgan fingerprint density at radius 3 is 2.43 bits per heavy atom. The highest BCUT2D eigenvalue weighted by atomic mass is 32.1. The fourth-order valence-electron chi connectivity index (χ4n) is 6.49. The van der Waals surface area contributed by atoms with Crippen LogP contribution in [0.3, 0.4) is 0 Å². The van der Waals surface area contributed by atoms with Crippen molar-refractivity contribution in [1.82, 2.24) is 10.2 Å². The Morgan fingerprint density at radius 1 is 0.870 bits per heavy atom. The lowest BCUT2D eigenvalue weighted by Crippen LogP contribution is -2.30. The van der Waals surface area contributed by atoms with Crippen molar-refractivity contribution < 1.29 is 19.0 Å². The summed E-state index contributed by atoms with van der Waals surface area (Å²) in [6.07, 6.45) is 4.74. The summed E-state index contributed by atoms with van der Waals surface area (Å²) in [6.45, 7) is 4.28. The Kier molecular flexibility index (Phi) is 9.22. The molecule has 4 aromatic carbocycles. The highest BCUT2D eigenvalue weighted by Crippen LogP contribution is 2.42. The third-order valence-electron chi connectivity index (χ3n) is 8.99. The number of hydrogen-bond donors (Lipinski definition) is 1. The van der Waals surface area contributed by atoms with Gasteiger partial charge in [-0.2, -0.15) is 0 Å². The molecule has 0 bridgehead atoms. The summed E-state index contributed by atoms with van der Waals surface area (Å²) < 4.78 is 19.3. The van der Waals surface area contributed by atoms with Crippen molar-refractivity contribution in [2.24, 2.45) is 0 Å². The number of amides is 1. The van der Waals surface area contributed by atoms with Crippen LogP contribution in [-0.2, 0) is 24.4 Å². The summed E-state index contributed by atoms with van der Waals surface area (Å²) in [4.78, 5) is 15.3. The fourth-order valence-corrected chi connectivity index (χ4v) is 7.74. The number of nitrogens with zero attached hydrogens (tertiary/aromatic N) is 1. The molecule has 2 fully saturated rings. The molecule has 0 spiro atoms. The molecule has 5 aromatic rings. The number of carbonyl (C=O) groups excluding carboxylic acids is 1. The third-order valence-corrected chi connectivity index (χ3v) is 10.2. The molecule has 0 aliphatic carbocycles. The van der Waals surface area contributed by atoms with E-state index in [1.165, 1.54) is 44.5 Å². The van der Waals surface area contributed by atoms with Crippen LogP contribution in [-0.4, -0.2) is 43.7 Å². The number of fused-ring (bicyclic) bond motifs is 1. The van der Waals surface area contributed by atoms with Gasteiger partial charge in [0.05, 0.1) is 13.2 Å². The highest BCUT2D eigenvalue weighted by Gasteiger charge is 2.22. The standard InChI is InChI=1S/C39H40N2O4S/c1-43-36-22-28(9-10-30(36)24-41-19-5-6-20-41)21-35-34-17-16-33(44-25-27-7-3-2-4-8-27)23-37(34)46-39(35)29-11-14-32(15-12-29)45-26-31-13-18-38(42)40-31/h2-4,7-12,14-17,22-23,31H,5-6,13,18-21,24-26H2,1H3,(H,40,42). The maximum absolute atomic E-state index is 11.6. The van der Waals surface area contributed by atoms with Gasteiger partial charge in [-0.05, 0) is 115 Å². The molecule has 46 heavy (non-hydrogen) atoms. The first kappa shape index (κ1) is 30.3. The van der Waals surface area contributed by atoms with Crippen LogP contribution >= 0.6 is 11.3 Å². The average molecular weight is 633 g/mol. The zero-order valence-electron chi connectivity index (χ0n) is 26.3. The van der Waals surface area contributed by atoms with Crippen LogP contribution in [0.5, 0.6) is 17.2 Å². The molecule has 1 amide bonds. The Bertz CT molecular complexity index is 1790. The summed E-state index contributed by atoms with van der Waals surface area (Å²) in [5.74, 6) is 2.74. The summed E-state index contributed by atoms with van der Waals surface area (Å²) in [7, 11) is 1.78. The minimum Gasteiger partial charge on any atom is -0.496 e. The molecule has 6 nitrogen and oxygen atoms in total. The van der Waals surface area contributed by atoms with Gasteiger partial charge in [0, 0.05) is 28.1 Å².